The molecule has 0 fully saturated rings. The van der Waals surface area contributed by atoms with Crippen LogP contribution in [-0.2, 0) is 16.0 Å². The molecule has 4 rings (SSSR count). The van der Waals surface area contributed by atoms with Gasteiger partial charge in [0.2, 0.25) is 0 Å². The second-order valence-corrected chi connectivity index (χ2v) is 8.24. The summed E-state index contributed by atoms with van der Waals surface area (Å²) in [7, 11) is 0. The van der Waals surface area contributed by atoms with Crippen LogP contribution in [0.4, 0.5) is 5.69 Å². The van der Waals surface area contributed by atoms with Crippen LogP contribution in [0.5, 0.6) is 0 Å². The second kappa shape index (κ2) is 8.23. The molecule has 1 aromatic heterocycles. The maximum Gasteiger partial charge on any atom is 0.278 e. The molecule has 4 nitrogen and oxygen atoms in total. The van der Waals surface area contributed by atoms with Gasteiger partial charge in [-0.15, -0.1) is 11.3 Å². The predicted octanol–water partition coefficient (Wildman–Crippen LogP) is 5.14. The summed E-state index contributed by atoms with van der Waals surface area (Å²) in [6.45, 7) is 2.32. The highest BCUT2D eigenvalue weighted by Crippen LogP contribution is 2.33. The molecule has 29 heavy (non-hydrogen) atoms. The summed E-state index contributed by atoms with van der Waals surface area (Å²) in [5, 5.41) is 5.74. The normalized spacial score (nSPS) is 14.1. The van der Waals surface area contributed by atoms with Crippen LogP contribution in [0.25, 0.3) is 5.57 Å². The molecule has 0 aliphatic carbocycles. The number of nitrogens with one attached hydrogen (secondary N) is 1. The lowest BCUT2D eigenvalue weighted by Crippen LogP contribution is -2.34. The van der Waals surface area contributed by atoms with E-state index in [1.807, 2.05) is 73.0 Å². The van der Waals surface area contributed by atoms with E-state index in [1.54, 1.807) is 0 Å². The largest absolute Gasteiger partial charge is 0.350 e. The van der Waals surface area contributed by atoms with Crippen LogP contribution in [0.1, 0.15) is 16.0 Å². The van der Waals surface area contributed by atoms with Crippen molar-refractivity contribution in [1.29, 1.82) is 0 Å². The van der Waals surface area contributed by atoms with E-state index in [4.69, 9.17) is 11.6 Å². The van der Waals surface area contributed by atoms with Gasteiger partial charge in [0.15, 0.2) is 0 Å². The number of carbonyl (C=O) groups is 2. The summed E-state index contributed by atoms with van der Waals surface area (Å²) in [6, 6.07) is 18.9. The van der Waals surface area contributed by atoms with E-state index in [9.17, 15) is 9.59 Å². The number of hydrogen-bond acceptors (Lipinski definition) is 4. The lowest BCUT2D eigenvalue weighted by atomic mass is 10.1. The van der Waals surface area contributed by atoms with E-state index in [-0.39, 0.29) is 11.8 Å². The number of aryl methyl sites for hydroxylation is 1. The zero-order valence-electron chi connectivity index (χ0n) is 15.8. The third kappa shape index (κ3) is 4.11. The van der Waals surface area contributed by atoms with Gasteiger partial charge in [-0.2, -0.15) is 0 Å². The molecular weight excluding hydrogens is 404 g/mol. The van der Waals surface area contributed by atoms with Crippen molar-refractivity contribution in [3.63, 3.8) is 0 Å². The van der Waals surface area contributed by atoms with E-state index in [0.29, 0.717) is 29.3 Å². The van der Waals surface area contributed by atoms with E-state index >= 15 is 0 Å². The number of imide groups is 1. The third-order valence-corrected chi connectivity index (χ3v) is 5.93. The number of nitrogens with zero attached hydrogens (tertiary/aromatic N) is 1. The number of rotatable bonds is 6. The quantitative estimate of drug-likeness (QED) is 0.559. The highest BCUT2D eigenvalue weighted by Gasteiger charge is 2.39. The number of anilines is 1. The first-order valence-electron chi connectivity index (χ1n) is 9.25. The first kappa shape index (κ1) is 19.4. The maximum atomic E-state index is 13.1. The van der Waals surface area contributed by atoms with Crippen LogP contribution in [0, 0.1) is 6.92 Å². The Balaban J connectivity index is 1.60. The minimum atomic E-state index is -0.298. The smallest absolute Gasteiger partial charge is 0.278 e. The molecule has 1 aliphatic rings. The molecule has 0 saturated heterocycles. The summed E-state index contributed by atoms with van der Waals surface area (Å²) >= 11 is 7.38. The Morgan fingerprint density at radius 1 is 0.966 bits per heavy atom. The van der Waals surface area contributed by atoms with Crippen molar-refractivity contribution in [2.45, 2.75) is 13.3 Å². The first-order chi connectivity index (χ1) is 14.0. The Morgan fingerprint density at radius 2 is 1.69 bits per heavy atom. The van der Waals surface area contributed by atoms with Gasteiger partial charge in [-0.3, -0.25) is 14.5 Å². The zero-order valence-corrected chi connectivity index (χ0v) is 17.4. The number of amides is 2. The fourth-order valence-corrected chi connectivity index (χ4v) is 4.11. The van der Waals surface area contributed by atoms with Crippen molar-refractivity contribution < 1.29 is 9.59 Å². The highest BCUT2D eigenvalue weighted by molar-refractivity contribution is 7.11. The SMILES string of the molecule is Cc1ccc(NC2=C(c3cccs3)C(=O)N(CCc3ccc(Cl)cc3)C2=O)cc1. The van der Waals surface area contributed by atoms with Gasteiger partial charge < -0.3 is 5.32 Å². The molecule has 0 unspecified atom stereocenters. The number of benzene rings is 2. The molecule has 6 heteroatoms. The molecule has 0 spiro atoms. The average Bonchev–Trinajstić information content (AvgIpc) is 3.31. The molecular formula is C23H19ClN2O2S. The summed E-state index contributed by atoms with van der Waals surface area (Å²) in [4.78, 5) is 28.4. The van der Waals surface area contributed by atoms with Gasteiger partial charge in [0.25, 0.3) is 11.8 Å². The zero-order chi connectivity index (χ0) is 20.4. The Bertz CT molecular complexity index is 1070. The molecule has 2 aromatic carbocycles. The van der Waals surface area contributed by atoms with E-state index in [0.717, 1.165) is 21.7 Å². The molecule has 3 aromatic rings. The number of carbonyl (C=O) groups excluding carboxylic acids is 2. The van der Waals surface area contributed by atoms with E-state index < -0.39 is 0 Å². The standard InChI is InChI=1S/C23H19ClN2O2S/c1-15-4-10-18(11-5-15)25-21-20(19-3-2-14-29-19)22(27)26(23(21)28)13-12-16-6-8-17(24)9-7-16/h2-11,14,25H,12-13H2,1H3. The molecule has 0 radical (unpaired) electrons. The second-order valence-electron chi connectivity index (χ2n) is 6.86. The van der Waals surface area contributed by atoms with Gasteiger partial charge >= 0.3 is 0 Å². The van der Waals surface area contributed by atoms with Crippen LogP contribution in [0.2, 0.25) is 5.02 Å². The molecule has 2 amide bonds. The van der Waals surface area contributed by atoms with Gasteiger partial charge in [-0.25, -0.2) is 0 Å². The van der Waals surface area contributed by atoms with Crippen molar-refractivity contribution >= 4 is 46.0 Å². The van der Waals surface area contributed by atoms with Gasteiger partial charge in [0, 0.05) is 22.1 Å². The lowest BCUT2D eigenvalue weighted by molar-refractivity contribution is -0.136. The molecule has 0 bridgehead atoms. The molecule has 0 atom stereocenters. The highest BCUT2D eigenvalue weighted by atomic mass is 35.5. The average molecular weight is 423 g/mol. The van der Waals surface area contributed by atoms with Crippen molar-refractivity contribution in [3.05, 3.63) is 92.8 Å². The van der Waals surface area contributed by atoms with Gasteiger partial charge in [0.1, 0.15) is 5.70 Å². The van der Waals surface area contributed by atoms with Gasteiger partial charge in [-0.05, 0) is 54.6 Å². The number of hydrogen-bond donors (Lipinski definition) is 1. The van der Waals surface area contributed by atoms with Gasteiger partial charge in [-0.1, -0.05) is 47.5 Å². The van der Waals surface area contributed by atoms with Crippen LogP contribution in [0.3, 0.4) is 0 Å². The van der Waals surface area contributed by atoms with Gasteiger partial charge in [0.05, 0.1) is 5.57 Å². The Kier molecular flexibility index (Phi) is 5.51. The summed E-state index contributed by atoms with van der Waals surface area (Å²) in [5.74, 6) is -0.561. The fourth-order valence-electron chi connectivity index (χ4n) is 3.22. The number of halogens is 1. The fraction of sp³-hybridized carbons (Fsp3) is 0.130. The van der Waals surface area contributed by atoms with Crippen molar-refractivity contribution in [2.75, 3.05) is 11.9 Å². The Labute approximate surface area is 178 Å². The molecule has 0 saturated carbocycles. The number of thiophene rings is 1. The van der Waals surface area contributed by atoms with Crippen molar-refractivity contribution in [3.8, 4) is 0 Å². The first-order valence-corrected chi connectivity index (χ1v) is 10.5. The Hall–Kier alpha value is -2.89. The lowest BCUT2D eigenvalue weighted by Gasteiger charge is -2.15. The summed E-state index contributed by atoms with van der Waals surface area (Å²) in [6.07, 6.45) is 0.574. The predicted molar refractivity (Wildman–Crippen MR) is 118 cm³/mol. The topological polar surface area (TPSA) is 49.4 Å². The molecule has 146 valence electrons. The van der Waals surface area contributed by atoms with E-state index in [2.05, 4.69) is 5.32 Å². The molecule has 2 heterocycles. The maximum absolute atomic E-state index is 13.1. The monoisotopic (exact) mass is 422 g/mol. The molecule has 1 N–H and O–H groups in total. The minimum absolute atomic E-state index is 0.263. The summed E-state index contributed by atoms with van der Waals surface area (Å²) < 4.78 is 0. The third-order valence-electron chi connectivity index (χ3n) is 4.79. The van der Waals surface area contributed by atoms with Crippen LogP contribution in [-0.4, -0.2) is 23.3 Å². The summed E-state index contributed by atoms with van der Waals surface area (Å²) in [5.41, 5.74) is 3.69. The van der Waals surface area contributed by atoms with Crippen molar-refractivity contribution in [1.82, 2.24) is 4.90 Å². The Morgan fingerprint density at radius 3 is 2.34 bits per heavy atom. The van der Waals surface area contributed by atoms with Crippen LogP contribution in [0.15, 0.2) is 71.7 Å². The van der Waals surface area contributed by atoms with E-state index in [1.165, 1.54) is 16.2 Å². The molecule has 1 aliphatic heterocycles. The minimum Gasteiger partial charge on any atom is -0.350 e. The van der Waals surface area contributed by atoms with Crippen LogP contribution < -0.4 is 5.32 Å². The van der Waals surface area contributed by atoms with Crippen LogP contribution >= 0.6 is 22.9 Å². The van der Waals surface area contributed by atoms with Crippen molar-refractivity contribution in [2.24, 2.45) is 0 Å².